The third kappa shape index (κ3) is 4.18. The Morgan fingerprint density at radius 2 is 1.83 bits per heavy atom. The molecule has 1 unspecified atom stereocenters. The fraction of sp³-hybridized carbons (Fsp3) is 0.857. The second-order valence-corrected chi connectivity index (χ2v) is 6.01. The van der Waals surface area contributed by atoms with E-state index in [2.05, 4.69) is 27.7 Å². The zero-order valence-electron chi connectivity index (χ0n) is 11.8. The van der Waals surface area contributed by atoms with E-state index in [4.69, 9.17) is 9.47 Å². The maximum atomic E-state index is 11.2. The van der Waals surface area contributed by atoms with Gasteiger partial charge in [-0.25, -0.2) is 0 Å². The molecule has 1 aliphatic rings. The number of rotatable bonds is 6. The Morgan fingerprint density at radius 1 is 1.28 bits per heavy atom. The first-order chi connectivity index (χ1) is 8.38. The lowest BCUT2D eigenvalue weighted by molar-refractivity contribution is -0.202. The van der Waals surface area contributed by atoms with Crippen LogP contribution in [-0.2, 0) is 19.1 Å². The molecule has 1 aliphatic heterocycles. The van der Waals surface area contributed by atoms with Gasteiger partial charge in [0.15, 0.2) is 6.29 Å². The van der Waals surface area contributed by atoms with Crippen molar-refractivity contribution in [1.82, 2.24) is 0 Å². The zero-order chi connectivity index (χ0) is 13.8. The summed E-state index contributed by atoms with van der Waals surface area (Å²) in [4.78, 5) is 21.7. The smallest absolute Gasteiger partial charge is 0.226 e. The summed E-state index contributed by atoms with van der Waals surface area (Å²) in [6, 6.07) is 0. The molecule has 0 saturated carbocycles. The second-order valence-electron chi connectivity index (χ2n) is 6.01. The molecule has 0 amide bonds. The summed E-state index contributed by atoms with van der Waals surface area (Å²) in [6.45, 7) is 9.18. The molecule has 104 valence electrons. The summed E-state index contributed by atoms with van der Waals surface area (Å²) in [5.74, 6) is 0.481. The first-order valence-corrected chi connectivity index (χ1v) is 6.63. The monoisotopic (exact) mass is 256 g/mol. The standard InChI is InChI=1S/C14H24O4/c1-10(2)5-14(6-11(3)4)9-17-13(8-18-14)12(16)7-15/h7,10-11,13H,5-6,8-9H2,1-4H3. The number of carbonyl (C=O) groups excluding carboxylic acids is 2. The van der Waals surface area contributed by atoms with Gasteiger partial charge in [0, 0.05) is 0 Å². The van der Waals surface area contributed by atoms with Gasteiger partial charge in [-0.3, -0.25) is 9.59 Å². The quantitative estimate of drug-likeness (QED) is 0.539. The zero-order valence-corrected chi connectivity index (χ0v) is 11.8. The average molecular weight is 256 g/mol. The van der Waals surface area contributed by atoms with Gasteiger partial charge in [-0.2, -0.15) is 0 Å². The van der Waals surface area contributed by atoms with E-state index >= 15 is 0 Å². The van der Waals surface area contributed by atoms with Crippen LogP contribution in [-0.4, -0.2) is 37.0 Å². The molecule has 1 fully saturated rings. The van der Waals surface area contributed by atoms with E-state index in [9.17, 15) is 9.59 Å². The fourth-order valence-corrected chi connectivity index (χ4v) is 2.64. The lowest BCUT2D eigenvalue weighted by Gasteiger charge is -2.41. The lowest BCUT2D eigenvalue weighted by Crippen LogP contribution is -2.50. The van der Waals surface area contributed by atoms with E-state index in [0.29, 0.717) is 24.7 Å². The minimum absolute atomic E-state index is 0.191. The second kappa shape index (κ2) is 6.43. The van der Waals surface area contributed by atoms with Gasteiger partial charge in [-0.1, -0.05) is 27.7 Å². The van der Waals surface area contributed by atoms with E-state index in [0.717, 1.165) is 12.8 Å². The molecular weight excluding hydrogens is 232 g/mol. The number of ketones is 1. The third-order valence-corrected chi connectivity index (χ3v) is 3.08. The molecular formula is C14H24O4. The van der Waals surface area contributed by atoms with Gasteiger partial charge >= 0.3 is 0 Å². The van der Waals surface area contributed by atoms with Crippen LogP contribution in [0.4, 0.5) is 0 Å². The van der Waals surface area contributed by atoms with Crippen molar-refractivity contribution in [2.24, 2.45) is 11.8 Å². The Bertz CT molecular complexity index is 276. The first-order valence-electron chi connectivity index (χ1n) is 6.63. The van der Waals surface area contributed by atoms with Gasteiger partial charge in [0.25, 0.3) is 0 Å². The molecule has 1 saturated heterocycles. The average Bonchev–Trinajstić information content (AvgIpc) is 2.27. The van der Waals surface area contributed by atoms with Crippen molar-refractivity contribution in [1.29, 1.82) is 0 Å². The largest absolute Gasteiger partial charge is 0.369 e. The first kappa shape index (κ1) is 15.3. The van der Waals surface area contributed by atoms with Crippen molar-refractivity contribution in [2.75, 3.05) is 13.2 Å². The molecule has 1 atom stereocenters. The van der Waals surface area contributed by atoms with E-state index in [1.165, 1.54) is 0 Å². The maximum Gasteiger partial charge on any atom is 0.226 e. The van der Waals surface area contributed by atoms with E-state index in [-0.39, 0.29) is 12.2 Å². The Morgan fingerprint density at radius 3 is 2.17 bits per heavy atom. The molecule has 18 heavy (non-hydrogen) atoms. The number of hydrogen-bond donors (Lipinski definition) is 0. The molecule has 1 heterocycles. The van der Waals surface area contributed by atoms with Crippen LogP contribution in [0.3, 0.4) is 0 Å². The molecule has 0 radical (unpaired) electrons. The van der Waals surface area contributed by atoms with Gasteiger partial charge < -0.3 is 9.47 Å². The molecule has 0 spiro atoms. The van der Waals surface area contributed by atoms with Crippen LogP contribution >= 0.6 is 0 Å². The van der Waals surface area contributed by atoms with Crippen LogP contribution in [0.2, 0.25) is 0 Å². The topological polar surface area (TPSA) is 52.6 Å². The summed E-state index contributed by atoms with van der Waals surface area (Å²) in [5.41, 5.74) is -0.304. The molecule has 0 N–H and O–H groups in total. The van der Waals surface area contributed by atoms with E-state index in [1.807, 2.05) is 0 Å². The van der Waals surface area contributed by atoms with Gasteiger partial charge in [-0.05, 0) is 24.7 Å². The minimum atomic E-state index is -0.713. The summed E-state index contributed by atoms with van der Waals surface area (Å²) in [5, 5.41) is 0. The van der Waals surface area contributed by atoms with Crippen LogP contribution in [0.15, 0.2) is 0 Å². The van der Waals surface area contributed by atoms with Crippen LogP contribution in [0.5, 0.6) is 0 Å². The molecule has 0 bridgehead atoms. The van der Waals surface area contributed by atoms with Crippen molar-refractivity contribution < 1.29 is 19.1 Å². The summed E-state index contributed by atoms with van der Waals surface area (Å²) in [7, 11) is 0. The molecule has 0 aromatic rings. The molecule has 4 nitrogen and oxygen atoms in total. The summed E-state index contributed by atoms with van der Waals surface area (Å²) >= 11 is 0. The lowest BCUT2D eigenvalue weighted by atomic mass is 9.84. The summed E-state index contributed by atoms with van der Waals surface area (Å²) < 4.78 is 11.5. The van der Waals surface area contributed by atoms with Crippen molar-refractivity contribution >= 4 is 12.1 Å². The SMILES string of the molecule is CC(C)CC1(CC(C)C)COC(C(=O)C=O)CO1. The highest BCUT2D eigenvalue weighted by Gasteiger charge is 2.39. The normalized spacial score (nSPS) is 23.3. The van der Waals surface area contributed by atoms with Crippen LogP contribution in [0.1, 0.15) is 40.5 Å². The van der Waals surface area contributed by atoms with E-state index < -0.39 is 11.9 Å². The Hall–Kier alpha value is -0.740. The van der Waals surface area contributed by atoms with Crippen molar-refractivity contribution in [3.63, 3.8) is 0 Å². The minimum Gasteiger partial charge on any atom is -0.369 e. The van der Waals surface area contributed by atoms with Gasteiger partial charge in [0.2, 0.25) is 5.78 Å². The molecule has 0 aromatic carbocycles. The maximum absolute atomic E-state index is 11.2. The predicted molar refractivity (Wildman–Crippen MR) is 68.4 cm³/mol. The van der Waals surface area contributed by atoms with Gasteiger partial charge in [-0.15, -0.1) is 0 Å². The number of Topliss-reactive ketones (excluding diaryl/α,β-unsaturated/α-hetero) is 1. The number of carbonyl (C=O) groups is 2. The van der Waals surface area contributed by atoms with Crippen molar-refractivity contribution in [2.45, 2.75) is 52.2 Å². The predicted octanol–water partition coefficient (Wildman–Crippen LogP) is 2.00. The molecule has 0 aromatic heterocycles. The molecule has 1 rings (SSSR count). The highest BCUT2D eigenvalue weighted by Crippen LogP contribution is 2.32. The Balaban J connectivity index is 2.66. The molecule has 4 heteroatoms. The highest BCUT2D eigenvalue weighted by molar-refractivity contribution is 6.27. The van der Waals surface area contributed by atoms with Gasteiger partial charge in [0.1, 0.15) is 6.10 Å². The number of ether oxygens (including phenoxy) is 2. The van der Waals surface area contributed by atoms with Crippen molar-refractivity contribution in [3.05, 3.63) is 0 Å². The van der Waals surface area contributed by atoms with Gasteiger partial charge in [0.05, 0.1) is 18.8 Å². The van der Waals surface area contributed by atoms with E-state index in [1.54, 1.807) is 0 Å². The number of aldehydes is 1. The number of hydrogen-bond acceptors (Lipinski definition) is 4. The van der Waals surface area contributed by atoms with Crippen molar-refractivity contribution in [3.8, 4) is 0 Å². The Labute approximate surface area is 109 Å². The van der Waals surface area contributed by atoms with Crippen LogP contribution in [0, 0.1) is 11.8 Å². The van der Waals surface area contributed by atoms with Crippen LogP contribution < -0.4 is 0 Å². The fourth-order valence-electron chi connectivity index (χ4n) is 2.64. The Kier molecular flexibility index (Phi) is 5.47. The van der Waals surface area contributed by atoms with Crippen LogP contribution in [0.25, 0.3) is 0 Å². The third-order valence-electron chi connectivity index (χ3n) is 3.08. The highest BCUT2D eigenvalue weighted by atomic mass is 16.6. The summed E-state index contributed by atoms with van der Waals surface area (Å²) in [6.07, 6.45) is 1.42. The molecule has 0 aliphatic carbocycles.